The molecule has 0 aromatic heterocycles. The van der Waals surface area contributed by atoms with Crippen LogP contribution in [0.5, 0.6) is 0 Å². The fourth-order valence-electron chi connectivity index (χ4n) is 2.82. The van der Waals surface area contributed by atoms with Crippen molar-refractivity contribution in [2.45, 2.75) is 44.2 Å². The molecular weight excluding hydrogens is 240 g/mol. The third-order valence-corrected chi connectivity index (χ3v) is 3.99. The van der Waals surface area contributed by atoms with Gasteiger partial charge in [0.15, 0.2) is 0 Å². The van der Waals surface area contributed by atoms with Gasteiger partial charge in [0, 0.05) is 32.7 Å². The molecule has 1 saturated carbocycles. The van der Waals surface area contributed by atoms with Crippen LogP contribution >= 0.6 is 12.4 Å². The minimum Gasteiger partial charge on any atom is -0.380 e. The average molecular weight is 263 g/mol. The van der Waals surface area contributed by atoms with E-state index in [1.807, 2.05) is 4.90 Å². The van der Waals surface area contributed by atoms with Gasteiger partial charge >= 0.3 is 0 Å². The van der Waals surface area contributed by atoms with Crippen LogP contribution in [0.3, 0.4) is 0 Å². The molecule has 0 unspecified atom stereocenters. The number of halogens is 1. The van der Waals surface area contributed by atoms with Crippen molar-refractivity contribution < 1.29 is 9.53 Å². The van der Waals surface area contributed by atoms with Crippen molar-refractivity contribution in [2.24, 2.45) is 11.7 Å². The van der Waals surface area contributed by atoms with Gasteiger partial charge in [-0.05, 0) is 25.2 Å². The summed E-state index contributed by atoms with van der Waals surface area (Å²) in [5, 5.41) is 0. The molecule has 1 aliphatic heterocycles. The first-order chi connectivity index (χ1) is 7.70. The number of likely N-dealkylation sites (tertiary alicyclic amines) is 1. The van der Waals surface area contributed by atoms with Gasteiger partial charge in [-0.15, -0.1) is 12.4 Å². The van der Waals surface area contributed by atoms with Crippen molar-refractivity contribution in [2.75, 3.05) is 20.2 Å². The second-order valence-corrected chi connectivity index (χ2v) is 5.05. The Bertz CT molecular complexity index is 263. The predicted octanol–water partition coefficient (Wildman–Crippen LogP) is 1.17. The number of hydrogen-bond donors (Lipinski definition) is 1. The lowest BCUT2D eigenvalue weighted by Crippen LogP contribution is -2.34. The molecule has 3 atom stereocenters. The van der Waals surface area contributed by atoms with Gasteiger partial charge in [-0.1, -0.05) is 6.42 Å². The first-order valence-corrected chi connectivity index (χ1v) is 6.27. The van der Waals surface area contributed by atoms with Gasteiger partial charge in [0.25, 0.3) is 0 Å². The van der Waals surface area contributed by atoms with Gasteiger partial charge in [-0.25, -0.2) is 0 Å². The van der Waals surface area contributed by atoms with E-state index in [1.54, 1.807) is 7.11 Å². The maximum Gasteiger partial charge on any atom is 0.222 e. The summed E-state index contributed by atoms with van der Waals surface area (Å²) in [4.78, 5) is 14.0. The van der Waals surface area contributed by atoms with Crippen molar-refractivity contribution >= 4 is 18.3 Å². The number of carbonyl (C=O) groups excluding carboxylic acids is 1. The van der Waals surface area contributed by atoms with Gasteiger partial charge < -0.3 is 15.4 Å². The average Bonchev–Trinajstić information content (AvgIpc) is 2.88. The fraction of sp³-hybridized carbons (Fsp3) is 0.917. The van der Waals surface area contributed by atoms with Gasteiger partial charge in [-0.3, -0.25) is 4.79 Å². The van der Waals surface area contributed by atoms with Crippen molar-refractivity contribution in [1.29, 1.82) is 0 Å². The number of nitrogens with zero attached hydrogens (tertiary/aromatic N) is 1. The normalized spacial score (nSPS) is 32.6. The van der Waals surface area contributed by atoms with Crippen LogP contribution < -0.4 is 5.73 Å². The number of methoxy groups -OCH3 is 1. The van der Waals surface area contributed by atoms with Gasteiger partial charge in [0.1, 0.15) is 0 Å². The highest BCUT2D eigenvalue weighted by molar-refractivity contribution is 5.85. The van der Waals surface area contributed by atoms with Crippen molar-refractivity contribution in [3.63, 3.8) is 0 Å². The Morgan fingerprint density at radius 2 is 2.18 bits per heavy atom. The molecule has 0 aromatic carbocycles. The summed E-state index contributed by atoms with van der Waals surface area (Å²) in [6.07, 6.45) is 5.23. The molecule has 2 fully saturated rings. The summed E-state index contributed by atoms with van der Waals surface area (Å²) < 4.78 is 5.26. The monoisotopic (exact) mass is 262 g/mol. The number of ether oxygens (including phenoxy) is 1. The lowest BCUT2D eigenvalue weighted by Gasteiger charge is -2.20. The van der Waals surface area contributed by atoms with Crippen molar-refractivity contribution in [1.82, 2.24) is 4.90 Å². The Balaban J connectivity index is 0.00000144. The molecule has 2 rings (SSSR count). The van der Waals surface area contributed by atoms with E-state index in [-0.39, 0.29) is 30.5 Å². The third-order valence-electron chi connectivity index (χ3n) is 3.99. The third kappa shape index (κ3) is 3.57. The zero-order valence-corrected chi connectivity index (χ0v) is 11.2. The topological polar surface area (TPSA) is 55.6 Å². The quantitative estimate of drug-likeness (QED) is 0.831. The van der Waals surface area contributed by atoms with Crippen molar-refractivity contribution in [3.05, 3.63) is 0 Å². The van der Waals surface area contributed by atoms with Crippen LogP contribution in [-0.4, -0.2) is 43.2 Å². The van der Waals surface area contributed by atoms with Crippen molar-refractivity contribution in [3.8, 4) is 0 Å². The first kappa shape index (κ1) is 14.7. The van der Waals surface area contributed by atoms with E-state index < -0.39 is 0 Å². The second-order valence-electron chi connectivity index (χ2n) is 5.05. The Kier molecular flexibility index (Phi) is 5.70. The maximum atomic E-state index is 12.0. The molecular formula is C12H23ClN2O2. The zero-order valence-electron chi connectivity index (χ0n) is 10.4. The van der Waals surface area contributed by atoms with E-state index >= 15 is 0 Å². The smallest absolute Gasteiger partial charge is 0.222 e. The predicted molar refractivity (Wildman–Crippen MR) is 69.2 cm³/mol. The molecule has 100 valence electrons. The molecule has 5 heteroatoms. The van der Waals surface area contributed by atoms with Gasteiger partial charge in [0.05, 0.1) is 6.10 Å². The highest BCUT2D eigenvalue weighted by Gasteiger charge is 2.31. The van der Waals surface area contributed by atoms with E-state index in [1.165, 1.54) is 6.42 Å². The molecule has 1 saturated heterocycles. The summed E-state index contributed by atoms with van der Waals surface area (Å²) >= 11 is 0. The highest BCUT2D eigenvalue weighted by Crippen LogP contribution is 2.28. The van der Waals surface area contributed by atoms with Gasteiger partial charge in [-0.2, -0.15) is 0 Å². The molecule has 0 bridgehead atoms. The van der Waals surface area contributed by atoms with Crippen LogP contribution in [-0.2, 0) is 9.53 Å². The SMILES string of the molecule is CO[C@H]1CCN(C(=O)C[C@@H]2CCC[C@H]2N)C1.Cl. The molecule has 17 heavy (non-hydrogen) atoms. The van der Waals surface area contributed by atoms with Crippen LogP contribution in [0.15, 0.2) is 0 Å². The van der Waals surface area contributed by atoms with Crippen LogP contribution in [0.2, 0.25) is 0 Å². The number of amides is 1. The van der Waals surface area contributed by atoms with Gasteiger partial charge in [0.2, 0.25) is 5.91 Å². The summed E-state index contributed by atoms with van der Waals surface area (Å²) in [6, 6.07) is 0.241. The largest absolute Gasteiger partial charge is 0.380 e. The lowest BCUT2D eigenvalue weighted by molar-refractivity contribution is -0.131. The number of nitrogens with two attached hydrogens (primary N) is 1. The highest BCUT2D eigenvalue weighted by atomic mass is 35.5. The summed E-state index contributed by atoms with van der Waals surface area (Å²) in [5.41, 5.74) is 5.98. The maximum absolute atomic E-state index is 12.0. The molecule has 0 radical (unpaired) electrons. The first-order valence-electron chi connectivity index (χ1n) is 6.27. The standard InChI is InChI=1S/C12H22N2O2.ClH/c1-16-10-5-6-14(8-10)12(15)7-9-3-2-4-11(9)13;/h9-11H,2-8,13H2,1H3;1H/t9-,10-,11+;/m0./s1. The van der Waals surface area contributed by atoms with E-state index in [4.69, 9.17) is 10.5 Å². The zero-order chi connectivity index (χ0) is 11.5. The number of rotatable bonds is 3. The molecule has 2 aliphatic rings. The van der Waals surface area contributed by atoms with E-state index in [9.17, 15) is 4.79 Å². The number of carbonyl (C=O) groups is 1. The Hall–Kier alpha value is -0.320. The lowest BCUT2D eigenvalue weighted by atomic mass is 9.99. The number of hydrogen-bond acceptors (Lipinski definition) is 3. The molecule has 1 aliphatic carbocycles. The minimum atomic E-state index is 0. The molecule has 1 amide bonds. The van der Waals surface area contributed by atoms with Crippen LogP contribution in [0.4, 0.5) is 0 Å². The molecule has 0 aromatic rings. The molecule has 0 spiro atoms. The fourth-order valence-corrected chi connectivity index (χ4v) is 2.82. The van der Waals surface area contributed by atoms with Crippen LogP contribution in [0, 0.1) is 5.92 Å². The summed E-state index contributed by atoms with van der Waals surface area (Å²) in [6.45, 7) is 1.61. The van der Waals surface area contributed by atoms with Crippen LogP contribution in [0.25, 0.3) is 0 Å². The molecule has 1 heterocycles. The van der Waals surface area contributed by atoms with E-state index in [2.05, 4.69) is 0 Å². The minimum absolute atomic E-state index is 0. The Labute approximate surface area is 109 Å². The van der Waals surface area contributed by atoms with E-state index in [0.717, 1.165) is 32.4 Å². The summed E-state index contributed by atoms with van der Waals surface area (Å²) in [7, 11) is 1.71. The van der Waals surface area contributed by atoms with Crippen LogP contribution in [0.1, 0.15) is 32.1 Å². The molecule has 4 nitrogen and oxygen atoms in total. The Morgan fingerprint density at radius 1 is 1.41 bits per heavy atom. The summed E-state index contributed by atoms with van der Waals surface area (Å²) in [5.74, 6) is 0.677. The van der Waals surface area contributed by atoms with E-state index in [0.29, 0.717) is 12.3 Å². The molecule has 2 N–H and O–H groups in total. The Morgan fingerprint density at radius 3 is 2.71 bits per heavy atom. The second kappa shape index (κ2) is 6.57.